The fraction of sp³-hybridized carbons (Fsp3) is 0.538. The molecule has 0 unspecified atom stereocenters. The molecule has 0 aliphatic heterocycles. The van der Waals surface area contributed by atoms with Gasteiger partial charge in [0.05, 0.1) is 0 Å². The van der Waals surface area contributed by atoms with Crippen LogP contribution in [0.5, 0.6) is 0 Å². The first kappa shape index (κ1) is 11.9. The molecule has 92 valence electrons. The quantitative estimate of drug-likeness (QED) is 0.819. The van der Waals surface area contributed by atoms with Crippen molar-refractivity contribution >= 4 is 11.6 Å². The van der Waals surface area contributed by atoms with E-state index in [1.807, 2.05) is 12.1 Å². The highest BCUT2D eigenvalue weighted by atomic mass is 16.1. The van der Waals surface area contributed by atoms with Crippen LogP contribution in [0, 0.1) is 0 Å². The minimum absolute atomic E-state index is 0.0603. The molecule has 0 radical (unpaired) electrons. The number of rotatable bonds is 5. The maximum absolute atomic E-state index is 11.9. The number of carbonyl (C=O) groups is 1. The summed E-state index contributed by atoms with van der Waals surface area (Å²) in [5, 5.41) is 6.24. The molecule has 1 fully saturated rings. The van der Waals surface area contributed by atoms with Crippen LogP contribution in [0.4, 0.5) is 5.69 Å². The lowest BCUT2D eigenvalue weighted by Gasteiger charge is -2.26. The topological polar surface area (TPSA) is 54.0 Å². The lowest BCUT2D eigenvalue weighted by atomic mass is 9.93. The molecule has 0 saturated heterocycles. The summed E-state index contributed by atoms with van der Waals surface area (Å²) in [5.41, 5.74) is 1.46. The third-order valence-corrected chi connectivity index (χ3v) is 3.01. The van der Waals surface area contributed by atoms with Gasteiger partial charge in [0.15, 0.2) is 0 Å². The minimum atomic E-state index is -0.0603. The van der Waals surface area contributed by atoms with E-state index in [2.05, 4.69) is 22.5 Å². The molecule has 0 atom stereocenters. The Bertz CT molecular complexity index is 388. The number of hydrogen-bond donors (Lipinski definition) is 2. The average Bonchev–Trinajstić information content (AvgIpc) is 2.31. The number of nitrogens with one attached hydrogen (secondary N) is 2. The Morgan fingerprint density at radius 1 is 1.53 bits per heavy atom. The lowest BCUT2D eigenvalue weighted by molar-refractivity contribution is 0.0912. The maximum atomic E-state index is 11.9. The fourth-order valence-corrected chi connectivity index (χ4v) is 1.75. The van der Waals surface area contributed by atoms with Crippen LogP contribution in [0.25, 0.3) is 0 Å². The van der Waals surface area contributed by atoms with Crippen LogP contribution in [-0.2, 0) is 0 Å². The number of anilines is 1. The first-order chi connectivity index (χ1) is 8.29. The average molecular weight is 233 g/mol. The van der Waals surface area contributed by atoms with Crippen LogP contribution in [0.2, 0.25) is 0 Å². The molecular formula is C13H19N3O. The van der Waals surface area contributed by atoms with E-state index < -0.39 is 0 Å². The molecule has 1 aliphatic carbocycles. The van der Waals surface area contributed by atoms with Gasteiger partial charge in [0.25, 0.3) is 5.91 Å². The number of amides is 1. The van der Waals surface area contributed by atoms with E-state index >= 15 is 0 Å². The highest BCUT2D eigenvalue weighted by Crippen LogP contribution is 2.18. The molecule has 0 spiro atoms. The summed E-state index contributed by atoms with van der Waals surface area (Å²) in [6.07, 6.45) is 6.15. The molecular weight excluding hydrogens is 214 g/mol. The van der Waals surface area contributed by atoms with Gasteiger partial charge < -0.3 is 10.6 Å². The van der Waals surface area contributed by atoms with E-state index in [9.17, 15) is 4.79 Å². The van der Waals surface area contributed by atoms with Gasteiger partial charge in [-0.25, -0.2) is 0 Å². The number of nitrogens with zero attached hydrogens (tertiary/aromatic N) is 1. The number of pyridine rings is 1. The van der Waals surface area contributed by atoms with E-state index in [0.717, 1.165) is 31.5 Å². The van der Waals surface area contributed by atoms with Crippen LogP contribution < -0.4 is 10.6 Å². The predicted octanol–water partition coefficient (Wildman–Crippen LogP) is 2.19. The third kappa shape index (κ3) is 3.19. The van der Waals surface area contributed by atoms with Crippen molar-refractivity contribution in [3.8, 4) is 0 Å². The maximum Gasteiger partial charge on any atom is 0.270 e. The number of carbonyl (C=O) groups excluding carboxylic acids is 1. The second-order valence-electron chi connectivity index (χ2n) is 4.46. The van der Waals surface area contributed by atoms with Crippen molar-refractivity contribution in [1.29, 1.82) is 0 Å². The second kappa shape index (κ2) is 5.66. The Balaban J connectivity index is 1.96. The number of hydrogen-bond acceptors (Lipinski definition) is 3. The first-order valence-corrected chi connectivity index (χ1v) is 6.30. The standard InChI is InChI=1S/C13H19N3O/c1-2-7-14-11-6-8-15-12(9-11)13(17)16-10-4-3-5-10/h6,8-10H,2-5,7H2,1H3,(H,14,15)(H,16,17). The molecule has 1 aromatic rings. The van der Waals surface area contributed by atoms with E-state index in [1.54, 1.807) is 6.20 Å². The van der Waals surface area contributed by atoms with E-state index in [0.29, 0.717) is 11.7 Å². The van der Waals surface area contributed by atoms with Crippen molar-refractivity contribution in [3.63, 3.8) is 0 Å². The van der Waals surface area contributed by atoms with Crippen LogP contribution in [-0.4, -0.2) is 23.5 Å². The first-order valence-electron chi connectivity index (χ1n) is 6.30. The summed E-state index contributed by atoms with van der Waals surface area (Å²) in [7, 11) is 0. The second-order valence-corrected chi connectivity index (χ2v) is 4.46. The molecule has 0 bridgehead atoms. The zero-order valence-electron chi connectivity index (χ0n) is 10.2. The van der Waals surface area contributed by atoms with Crippen LogP contribution in [0.15, 0.2) is 18.3 Å². The molecule has 1 aromatic heterocycles. The summed E-state index contributed by atoms with van der Waals surface area (Å²) in [6.45, 7) is 3.02. The van der Waals surface area contributed by atoms with Gasteiger partial charge in [-0.2, -0.15) is 0 Å². The third-order valence-electron chi connectivity index (χ3n) is 3.01. The number of aromatic nitrogens is 1. The van der Waals surface area contributed by atoms with Crippen molar-refractivity contribution in [2.75, 3.05) is 11.9 Å². The van der Waals surface area contributed by atoms with Gasteiger partial charge in [0.2, 0.25) is 0 Å². The molecule has 2 rings (SSSR count). The Kier molecular flexibility index (Phi) is 3.96. The van der Waals surface area contributed by atoms with E-state index in [-0.39, 0.29) is 5.91 Å². The Hall–Kier alpha value is -1.58. The highest BCUT2D eigenvalue weighted by molar-refractivity contribution is 5.93. The van der Waals surface area contributed by atoms with Gasteiger partial charge in [-0.1, -0.05) is 6.92 Å². The van der Waals surface area contributed by atoms with Crippen molar-refractivity contribution in [1.82, 2.24) is 10.3 Å². The largest absolute Gasteiger partial charge is 0.385 e. The van der Waals surface area contributed by atoms with Crippen LogP contribution >= 0.6 is 0 Å². The van der Waals surface area contributed by atoms with Crippen LogP contribution in [0.1, 0.15) is 43.1 Å². The van der Waals surface area contributed by atoms with Crippen molar-refractivity contribution in [2.45, 2.75) is 38.6 Å². The molecule has 4 heteroatoms. The molecule has 1 saturated carbocycles. The van der Waals surface area contributed by atoms with Crippen molar-refractivity contribution < 1.29 is 4.79 Å². The predicted molar refractivity (Wildman–Crippen MR) is 68.1 cm³/mol. The van der Waals surface area contributed by atoms with E-state index in [4.69, 9.17) is 0 Å². The molecule has 1 heterocycles. The van der Waals surface area contributed by atoms with Gasteiger partial charge >= 0.3 is 0 Å². The van der Waals surface area contributed by atoms with Crippen molar-refractivity contribution in [3.05, 3.63) is 24.0 Å². The molecule has 2 N–H and O–H groups in total. The molecule has 1 amide bonds. The normalized spacial score (nSPS) is 15.1. The molecule has 1 aliphatic rings. The molecule has 0 aromatic carbocycles. The Morgan fingerprint density at radius 2 is 2.35 bits per heavy atom. The summed E-state index contributed by atoms with van der Waals surface area (Å²) in [5.74, 6) is -0.0603. The zero-order valence-corrected chi connectivity index (χ0v) is 10.2. The van der Waals surface area contributed by atoms with Gasteiger partial charge in [0, 0.05) is 24.5 Å². The highest BCUT2D eigenvalue weighted by Gasteiger charge is 2.20. The minimum Gasteiger partial charge on any atom is -0.385 e. The molecule has 17 heavy (non-hydrogen) atoms. The van der Waals surface area contributed by atoms with Crippen LogP contribution in [0.3, 0.4) is 0 Å². The van der Waals surface area contributed by atoms with Gasteiger partial charge in [-0.15, -0.1) is 0 Å². The van der Waals surface area contributed by atoms with Gasteiger partial charge in [0.1, 0.15) is 5.69 Å². The Morgan fingerprint density at radius 3 is 3.00 bits per heavy atom. The zero-order chi connectivity index (χ0) is 12.1. The summed E-state index contributed by atoms with van der Waals surface area (Å²) >= 11 is 0. The van der Waals surface area contributed by atoms with E-state index in [1.165, 1.54) is 6.42 Å². The van der Waals surface area contributed by atoms with Gasteiger partial charge in [-0.3, -0.25) is 9.78 Å². The fourth-order valence-electron chi connectivity index (χ4n) is 1.75. The van der Waals surface area contributed by atoms with Crippen molar-refractivity contribution in [2.24, 2.45) is 0 Å². The lowest BCUT2D eigenvalue weighted by Crippen LogP contribution is -2.39. The Labute approximate surface area is 102 Å². The smallest absolute Gasteiger partial charge is 0.270 e. The molecule has 4 nitrogen and oxygen atoms in total. The summed E-state index contributed by atoms with van der Waals surface area (Å²) < 4.78 is 0. The van der Waals surface area contributed by atoms with Gasteiger partial charge in [-0.05, 0) is 37.8 Å². The summed E-state index contributed by atoms with van der Waals surface area (Å²) in [6, 6.07) is 4.05. The SMILES string of the molecule is CCCNc1ccnc(C(=O)NC2CCC2)c1. The monoisotopic (exact) mass is 233 g/mol. The summed E-state index contributed by atoms with van der Waals surface area (Å²) in [4.78, 5) is 16.0.